The predicted octanol–water partition coefficient (Wildman–Crippen LogP) is -0.457. The SMILES string of the molecule is Nc1nc(N)nc(COc2cccc(OCc3nc(N)nc(N)n3)c2)n1. The minimum absolute atomic E-state index is 0.0316. The molecule has 0 radical (unpaired) electrons. The molecule has 0 bridgehead atoms. The lowest BCUT2D eigenvalue weighted by atomic mass is 10.3. The second-order valence-electron chi connectivity index (χ2n) is 4.99. The van der Waals surface area contributed by atoms with Gasteiger partial charge in [0, 0.05) is 6.07 Å². The van der Waals surface area contributed by atoms with Gasteiger partial charge in [0.15, 0.2) is 11.6 Å². The van der Waals surface area contributed by atoms with Crippen molar-refractivity contribution in [3.8, 4) is 11.5 Å². The number of hydrogen-bond donors (Lipinski definition) is 4. The molecule has 2 heterocycles. The van der Waals surface area contributed by atoms with Gasteiger partial charge in [0.25, 0.3) is 0 Å². The summed E-state index contributed by atoms with van der Waals surface area (Å²) < 4.78 is 11.2. The van der Waals surface area contributed by atoms with Crippen LogP contribution in [0.3, 0.4) is 0 Å². The van der Waals surface area contributed by atoms with Crippen molar-refractivity contribution in [2.45, 2.75) is 13.2 Å². The Morgan fingerprint density at radius 1 is 0.615 bits per heavy atom. The number of rotatable bonds is 6. The number of hydrogen-bond acceptors (Lipinski definition) is 12. The van der Waals surface area contributed by atoms with Crippen LogP contribution in [0.5, 0.6) is 11.5 Å². The second kappa shape index (κ2) is 7.29. The fourth-order valence-electron chi connectivity index (χ4n) is 1.99. The van der Waals surface area contributed by atoms with Gasteiger partial charge < -0.3 is 32.4 Å². The molecule has 0 spiro atoms. The zero-order valence-corrected chi connectivity index (χ0v) is 13.5. The minimum atomic E-state index is 0.0316. The molecule has 0 saturated heterocycles. The van der Waals surface area contributed by atoms with Crippen molar-refractivity contribution in [3.63, 3.8) is 0 Å². The van der Waals surface area contributed by atoms with E-state index in [1.54, 1.807) is 24.3 Å². The molecule has 0 saturated carbocycles. The number of benzene rings is 1. The molecular weight excluding hydrogens is 340 g/mol. The van der Waals surface area contributed by atoms with E-state index in [0.29, 0.717) is 23.1 Å². The maximum Gasteiger partial charge on any atom is 0.225 e. The molecule has 12 nitrogen and oxygen atoms in total. The van der Waals surface area contributed by atoms with Crippen LogP contribution in [-0.2, 0) is 13.2 Å². The average Bonchev–Trinajstić information content (AvgIpc) is 2.57. The van der Waals surface area contributed by atoms with Gasteiger partial charge in [0.05, 0.1) is 0 Å². The van der Waals surface area contributed by atoms with Crippen LogP contribution in [-0.4, -0.2) is 29.9 Å². The number of nitrogen functional groups attached to an aromatic ring is 4. The summed E-state index contributed by atoms with van der Waals surface area (Å²) in [7, 11) is 0. The van der Waals surface area contributed by atoms with Crippen molar-refractivity contribution in [3.05, 3.63) is 35.9 Å². The molecule has 0 unspecified atom stereocenters. The van der Waals surface area contributed by atoms with Crippen molar-refractivity contribution in [2.24, 2.45) is 0 Å². The maximum atomic E-state index is 5.61. The fourth-order valence-corrected chi connectivity index (χ4v) is 1.99. The summed E-state index contributed by atoms with van der Waals surface area (Å²) in [5.41, 5.74) is 22.1. The number of ether oxygens (including phenoxy) is 2. The third kappa shape index (κ3) is 4.53. The van der Waals surface area contributed by atoms with Crippen molar-refractivity contribution in [2.75, 3.05) is 22.9 Å². The number of anilines is 4. The highest BCUT2D eigenvalue weighted by molar-refractivity contribution is 5.33. The average molecular weight is 356 g/mol. The lowest BCUT2D eigenvalue weighted by Crippen LogP contribution is -2.09. The lowest BCUT2D eigenvalue weighted by Gasteiger charge is -2.09. The first-order valence-electron chi connectivity index (χ1n) is 7.35. The van der Waals surface area contributed by atoms with Crippen LogP contribution in [0.4, 0.5) is 23.8 Å². The van der Waals surface area contributed by atoms with Gasteiger partial charge in [-0.3, -0.25) is 0 Å². The van der Waals surface area contributed by atoms with Gasteiger partial charge in [-0.2, -0.15) is 29.9 Å². The summed E-state index contributed by atoms with van der Waals surface area (Å²) in [4.78, 5) is 23.1. The molecule has 1 aromatic carbocycles. The van der Waals surface area contributed by atoms with E-state index < -0.39 is 0 Å². The molecule has 0 aliphatic carbocycles. The summed E-state index contributed by atoms with van der Waals surface area (Å²) in [6.45, 7) is 0.141. The number of nitrogens with two attached hydrogens (primary N) is 4. The van der Waals surface area contributed by atoms with Crippen LogP contribution in [0, 0.1) is 0 Å². The number of nitrogens with zero attached hydrogens (tertiary/aromatic N) is 6. The zero-order valence-electron chi connectivity index (χ0n) is 13.5. The van der Waals surface area contributed by atoms with E-state index in [-0.39, 0.29) is 37.0 Å². The van der Waals surface area contributed by atoms with Crippen molar-refractivity contribution in [1.29, 1.82) is 0 Å². The van der Waals surface area contributed by atoms with E-state index in [2.05, 4.69) is 29.9 Å². The molecule has 0 aliphatic heterocycles. The Labute approximate surface area is 147 Å². The van der Waals surface area contributed by atoms with Crippen LogP contribution in [0.2, 0.25) is 0 Å². The highest BCUT2D eigenvalue weighted by Crippen LogP contribution is 2.21. The van der Waals surface area contributed by atoms with Crippen LogP contribution in [0.1, 0.15) is 11.6 Å². The predicted molar refractivity (Wildman–Crippen MR) is 92.4 cm³/mol. The van der Waals surface area contributed by atoms with Gasteiger partial charge in [0.2, 0.25) is 23.8 Å². The standard InChI is InChI=1S/C14H16N10O2/c15-11-19-9(20-12(16)23-11)5-25-7-2-1-3-8(4-7)26-6-10-21-13(17)24-14(18)22-10/h1-4H,5-6H2,(H4,15,16,19,20,23)(H4,17,18,21,22,24). The molecule has 26 heavy (non-hydrogen) atoms. The largest absolute Gasteiger partial charge is 0.485 e. The third-order valence-electron chi connectivity index (χ3n) is 2.97. The van der Waals surface area contributed by atoms with Gasteiger partial charge in [0.1, 0.15) is 24.7 Å². The van der Waals surface area contributed by atoms with Crippen LogP contribution in [0.25, 0.3) is 0 Å². The van der Waals surface area contributed by atoms with Crippen molar-refractivity contribution >= 4 is 23.8 Å². The summed E-state index contributed by atoms with van der Waals surface area (Å²) in [6, 6.07) is 6.94. The van der Waals surface area contributed by atoms with Crippen LogP contribution < -0.4 is 32.4 Å². The minimum Gasteiger partial charge on any atom is -0.485 e. The van der Waals surface area contributed by atoms with Gasteiger partial charge >= 0.3 is 0 Å². The molecule has 3 aromatic rings. The number of aromatic nitrogens is 6. The van der Waals surface area contributed by atoms with Crippen LogP contribution >= 0.6 is 0 Å². The van der Waals surface area contributed by atoms with Gasteiger partial charge in [-0.25, -0.2) is 0 Å². The molecule has 12 heteroatoms. The fraction of sp³-hybridized carbons (Fsp3) is 0.143. The molecule has 134 valence electrons. The Balaban J connectivity index is 1.62. The van der Waals surface area contributed by atoms with Crippen molar-refractivity contribution in [1.82, 2.24) is 29.9 Å². The normalized spacial score (nSPS) is 10.5. The van der Waals surface area contributed by atoms with E-state index in [9.17, 15) is 0 Å². The van der Waals surface area contributed by atoms with E-state index in [0.717, 1.165) is 0 Å². The molecule has 0 atom stereocenters. The van der Waals surface area contributed by atoms with Gasteiger partial charge in [-0.1, -0.05) is 6.07 Å². The molecule has 2 aromatic heterocycles. The molecule has 3 rings (SSSR count). The van der Waals surface area contributed by atoms with E-state index >= 15 is 0 Å². The quantitative estimate of drug-likeness (QED) is 0.443. The summed E-state index contributed by atoms with van der Waals surface area (Å²) in [6.07, 6.45) is 0. The van der Waals surface area contributed by atoms with Gasteiger partial charge in [-0.15, -0.1) is 0 Å². The highest BCUT2D eigenvalue weighted by Gasteiger charge is 2.06. The maximum absolute atomic E-state index is 5.61. The molecule has 0 amide bonds. The summed E-state index contributed by atoms with van der Waals surface area (Å²) in [5, 5.41) is 0. The Morgan fingerprint density at radius 2 is 1.00 bits per heavy atom. The highest BCUT2D eigenvalue weighted by atomic mass is 16.5. The van der Waals surface area contributed by atoms with E-state index in [4.69, 9.17) is 32.4 Å². The Bertz CT molecular complexity index is 809. The van der Waals surface area contributed by atoms with Crippen molar-refractivity contribution < 1.29 is 9.47 Å². The molecular formula is C14H16N10O2. The second-order valence-corrected chi connectivity index (χ2v) is 4.99. The molecule has 0 aliphatic rings. The molecule has 0 fully saturated rings. The first-order valence-corrected chi connectivity index (χ1v) is 7.35. The Morgan fingerprint density at radius 3 is 1.38 bits per heavy atom. The zero-order chi connectivity index (χ0) is 18.5. The Hall–Kier alpha value is -3.96. The van der Waals surface area contributed by atoms with Gasteiger partial charge in [-0.05, 0) is 12.1 Å². The molecule has 8 N–H and O–H groups in total. The van der Waals surface area contributed by atoms with E-state index in [1.165, 1.54) is 0 Å². The Kier molecular flexibility index (Phi) is 4.74. The van der Waals surface area contributed by atoms with Crippen LogP contribution in [0.15, 0.2) is 24.3 Å². The first-order chi connectivity index (χ1) is 12.5. The topological polar surface area (TPSA) is 200 Å². The van der Waals surface area contributed by atoms with E-state index in [1.807, 2.05) is 0 Å². The monoisotopic (exact) mass is 356 g/mol. The lowest BCUT2D eigenvalue weighted by molar-refractivity contribution is 0.280. The smallest absolute Gasteiger partial charge is 0.225 e. The summed E-state index contributed by atoms with van der Waals surface area (Å²) in [5.74, 6) is 1.83. The first kappa shape index (κ1) is 16.9. The third-order valence-corrected chi connectivity index (χ3v) is 2.97. The summed E-state index contributed by atoms with van der Waals surface area (Å²) >= 11 is 0.